The van der Waals surface area contributed by atoms with Crippen molar-refractivity contribution in [2.24, 2.45) is 5.10 Å². The Morgan fingerprint density at radius 3 is 2.57 bits per heavy atom. The van der Waals surface area contributed by atoms with E-state index in [1.165, 1.54) is 13.3 Å². The van der Waals surface area contributed by atoms with Crippen LogP contribution in [-0.4, -0.2) is 38.9 Å². The van der Waals surface area contributed by atoms with Crippen molar-refractivity contribution in [1.29, 1.82) is 0 Å². The smallest absolute Gasteiger partial charge is 0.343 e. The van der Waals surface area contributed by atoms with Crippen molar-refractivity contribution in [3.63, 3.8) is 0 Å². The molecule has 2 aromatic carbocycles. The fraction of sp³-hybridized carbons (Fsp3) is 0.167. The predicted molar refractivity (Wildman–Crippen MR) is 125 cm³/mol. The standard InChI is InChI=1S/C18H15BrI2N2O5/c1-26-15-7-11(3-4-13(15)20)18(25)23-22-8-10-5-12(19)17(14(21)6-10)28-9-16(24)27-2/h3-8H,9H2,1-2H3,(H,23,25)/b22-8-. The number of hydrogen-bond acceptors (Lipinski definition) is 6. The molecule has 0 radical (unpaired) electrons. The Hall–Kier alpha value is -1.41. The zero-order valence-electron chi connectivity index (χ0n) is 14.8. The minimum Gasteiger partial charge on any atom is -0.496 e. The third kappa shape index (κ3) is 6.30. The van der Waals surface area contributed by atoms with Gasteiger partial charge >= 0.3 is 5.97 Å². The Balaban J connectivity index is 2.06. The van der Waals surface area contributed by atoms with Crippen molar-refractivity contribution >= 4 is 79.2 Å². The van der Waals surface area contributed by atoms with E-state index >= 15 is 0 Å². The maximum atomic E-state index is 12.2. The minimum atomic E-state index is -0.469. The highest BCUT2D eigenvalue weighted by Gasteiger charge is 2.11. The van der Waals surface area contributed by atoms with Crippen molar-refractivity contribution < 1.29 is 23.8 Å². The number of hydrazone groups is 1. The molecule has 0 heterocycles. The van der Waals surface area contributed by atoms with Crippen LogP contribution in [0, 0.1) is 7.14 Å². The summed E-state index contributed by atoms with van der Waals surface area (Å²) in [5, 5.41) is 3.99. The summed E-state index contributed by atoms with van der Waals surface area (Å²) in [6.45, 7) is -0.186. The Kier molecular flexibility index (Phi) is 8.95. The normalized spacial score (nSPS) is 10.6. The van der Waals surface area contributed by atoms with Gasteiger partial charge in [-0.3, -0.25) is 4.79 Å². The van der Waals surface area contributed by atoms with Gasteiger partial charge in [0.2, 0.25) is 0 Å². The maximum Gasteiger partial charge on any atom is 0.343 e. The number of methoxy groups -OCH3 is 2. The molecule has 0 unspecified atom stereocenters. The monoisotopic (exact) mass is 672 g/mol. The highest BCUT2D eigenvalue weighted by molar-refractivity contribution is 14.1. The van der Waals surface area contributed by atoms with Crippen molar-refractivity contribution in [1.82, 2.24) is 5.43 Å². The van der Waals surface area contributed by atoms with Crippen LogP contribution >= 0.6 is 61.1 Å². The number of benzene rings is 2. The quantitative estimate of drug-likeness (QED) is 0.208. The molecule has 0 aliphatic carbocycles. The topological polar surface area (TPSA) is 86.2 Å². The highest BCUT2D eigenvalue weighted by Crippen LogP contribution is 2.31. The fourth-order valence-electron chi connectivity index (χ4n) is 2.01. The average Bonchev–Trinajstić information content (AvgIpc) is 2.67. The van der Waals surface area contributed by atoms with Crippen molar-refractivity contribution in [2.45, 2.75) is 0 Å². The number of amides is 1. The Labute approximate surface area is 197 Å². The molecule has 0 aromatic heterocycles. The first-order valence-corrected chi connectivity index (χ1v) is 10.7. The lowest BCUT2D eigenvalue weighted by molar-refractivity contribution is -0.142. The SMILES string of the molecule is COC(=O)COc1c(Br)cc(/C=N\NC(=O)c2ccc(I)c(OC)c2)cc1I. The van der Waals surface area contributed by atoms with Crippen LogP contribution in [0.3, 0.4) is 0 Å². The number of hydrogen-bond donors (Lipinski definition) is 1. The second kappa shape index (κ2) is 11.0. The van der Waals surface area contributed by atoms with Crippen molar-refractivity contribution in [3.05, 3.63) is 53.1 Å². The van der Waals surface area contributed by atoms with Crippen LogP contribution in [-0.2, 0) is 9.53 Å². The van der Waals surface area contributed by atoms with Crippen LogP contribution in [0.25, 0.3) is 0 Å². The first kappa shape index (κ1) is 22.9. The lowest BCUT2D eigenvalue weighted by Crippen LogP contribution is -2.17. The van der Waals surface area contributed by atoms with Gasteiger partial charge in [0.15, 0.2) is 6.61 Å². The number of nitrogens with one attached hydrogen (secondary N) is 1. The maximum absolute atomic E-state index is 12.2. The Morgan fingerprint density at radius 2 is 1.93 bits per heavy atom. The zero-order chi connectivity index (χ0) is 20.7. The third-order valence-electron chi connectivity index (χ3n) is 3.38. The van der Waals surface area contributed by atoms with E-state index in [2.05, 4.69) is 76.4 Å². The summed E-state index contributed by atoms with van der Waals surface area (Å²) >= 11 is 7.62. The average molecular weight is 673 g/mol. The molecule has 0 aliphatic rings. The van der Waals surface area contributed by atoms with E-state index in [0.717, 1.165) is 12.7 Å². The van der Waals surface area contributed by atoms with Gasteiger partial charge in [0.1, 0.15) is 11.5 Å². The molecule has 0 saturated heterocycles. The minimum absolute atomic E-state index is 0.186. The highest BCUT2D eigenvalue weighted by atomic mass is 127. The van der Waals surface area contributed by atoms with Gasteiger partial charge in [-0.2, -0.15) is 5.10 Å². The van der Waals surface area contributed by atoms with Crippen LogP contribution in [0.1, 0.15) is 15.9 Å². The first-order valence-electron chi connectivity index (χ1n) is 7.71. The van der Waals surface area contributed by atoms with Crippen molar-refractivity contribution in [2.75, 3.05) is 20.8 Å². The van der Waals surface area contributed by atoms with Crippen molar-refractivity contribution in [3.8, 4) is 11.5 Å². The number of carbonyl (C=O) groups is 2. The number of rotatable bonds is 7. The van der Waals surface area contributed by atoms with Gasteiger partial charge in [0.25, 0.3) is 5.91 Å². The second-order valence-corrected chi connectivity index (χ2v) is 8.41. The number of ether oxygens (including phenoxy) is 3. The molecular formula is C18H15BrI2N2O5. The van der Waals surface area contributed by atoms with Gasteiger partial charge < -0.3 is 14.2 Å². The third-order valence-corrected chi connectivity index (χ3v) is 5.66. The van der Waals surface area contributed by atoms with Gasteiger partial charge in [-0.05, 0) is 97.0 Å². The molecule has 0 spiro atoms. The van der Waals surface area contributed by atoms with E-state index in [-0.39, 0.29) is 12.5 Å². The van der Waals surface area contributed by atoms with Crippen LogP contribution < -0.4 is 14.9 Å². The van der Waals surface area contributed by atoms with Gasteiger partial charge in [0.05, 0.1) is 32.0 Å². The van der Waals surface area contributed by atoms with E-state index in [1.807, 2.05) is 6.07 Å². The molecule has 2 rings (SSSR count). The molecule has 10 heteroatoms. The summed E-state index contributed by atoms with van der Waals surface area (Å²) in [4.78, 5) is 23.4. The molecule has 0 fully saturated rings. The molecule has 2 aromatic rings. The molecule has 148 valence electrons. The van der Waals surface area contributed by atoms with Gasteiger partial charge in [-0.15, -0.1) is 0 Å². The van der Waals surface area contributed by atoms with E-state index in [9.17, 15) is 9.59 Å². The number of halogens is 3. The van der Waals surface area contributed by atoms with Gasteiger partial charge in [-0.1, -0.05) is 0 Å². The molecule has 1 N–H and O–H groups in total. The summed E-state index contributed by atoms with van der Waals surface area (Å²) < 4.78 is 17.6. The number of carbonyl (C=O) groups excluding carboxylic acids is 2. The van der Waals surface area contributed by atoms with Gasteiger partial charge in [0, 0.05) is 5.56 Å². The lowest BCUT2D eigenvalue weighted by atomic mass is 10.2. The molecular weight excluding hydrogens is 658 g/mol. The lowest BCUT2D eigenvalue weighted by Gasteiger charge is -2.10. The summed E-state index contributed by atoms with van der Waals surface area (Å²) in [6.07, 6.45) is 1.51. The first-order chi connectivity index (χ1) is 13.3. The summed E-state index contributed by atoms with van der Waals surface area (Å²) in [7, 11) is 2.85. The molecule has 0 atom stereocenters. The van der Waals surface area contributed by atoms with E-state index in [1.54, 1.807) is 31.4 Å². The second-order valence-electron chi connectivity index (χ2n) is 5.23. The van der Waals surface area contributed by atoms with E-state index < -0.39 is 5.97 Å². The van der Waals surface area contributed by atoms with Crippen LogP contribution in [0.4, 0.5) is 0 Å². The molecule has 0 aliphatic heterocycles. The largest absolute Gasteiger partial charge is 0.496 e. The molecule has 0 bridgehead atoms. The molecule has 0 saturated carbocycles. The van der Waals surface area contributed by atoms with Crippen LogP contribution in [0.2, 0.25) is 0 Å². The number of nitrogens with zero attached hydrogens (tertiary/aromatic N) is 1. The molecule has 7 nitrogen and oxygen atoms in total. The van der Waals surface area contributed by atoms with E-state index in [4.69, 9.17) is 9.47 Å². The number of esters is 1. The van der Waals surface area contributed by atoms with Crippen LogP contribution in [0.15, 0.2) is 39.9 Å². The summed E-state index contributed by atoms with van der Waals surface area (Å²) in [6, 6.07) is 8.71. The van der Waals surface area contributed by atoms with E-state index in [0.29, 0.717) is 21.5 Å². The fourth-order valence-corrected chi connectivity index (χ4v) is 4.34. The predicted octanol–water partition coefficient (Wildman–Crippen LogP) is 3.98. The molecule has 1 amide bonds. The Bertz CT molecular complexity index is 898. The Morgan fingerprint density at radius 1 is 1.18 bits per heavy atom. The summed E-state index contributed by atoms with van der Waals surface area (Å²) in [5.41, 5.74) is 3.66. The van der Waals surface area contributed by atoms with Crippen LogP contribution in [0.5, 0.6) is 11.5 Å². The molecule has 28 heavy (non-hydrogen) atoms. The van der Waals surface area contributed by atoms with Gasteiger partial charge in [-0.25, -0.2) is 10.2 Å². The zero-order valence-corrected chi connectivity index (χ0v) is 20.7. The summed E-state index contributed by atoms with van der Waals surface area (Å²) in [5.74, 6) is 0.331.